The molecule has 2 rings (SSSR count). The summed E-state index contributed by atoms with van der Waals surface area (Å²) in [5.74, 6) is 0.457. The number of carbonyl (C=O) groups excluding carboxylic acids is 1. The van der Waals surface area contributed by atoms with E-state index < -0.39 is 10.0 Å². The van der Waals surface area contributed by atoms with Crippen molar-refractivity contribution < 1.29 is 17.9 Å². The molecule has 0 atom stereocenters. The van der Waals surface area contributed by atoms with E-state index in [1.807, 2.05) is 39.0 Å². The minimum atomic E-state index is -3.48. The molecule has 0 spiro atoms. The molecule has 0 aromatic heterocycles. The summed E-state index contributed by atoms with van der Waals surface area (Å²) >= 11 is 0. The van der Waals surface area contributed by atoms with Crippen LogP contribution in [0.25, 0.3) is 6.08 Å². The minimum absolute atomic E-state index is 0.242. The van der Waals surface area contributed by atoms with Crippen molar-refractivity contribution in [3.8, 4) is 5.75 Å². The fraction of sp³-hybridized carbons (Fsp3) is 0.318. The van der Waals surface area contributed by atoms with Crippen LogP contribution in [0.15, 0.2) is 53.4 Å². The molecule has 1 amide bonds. The Kier molecular flexibility index (Phi) is 7.99. The van der Waals surface area contributed by atoms with Crippen molar-refractivity contribution in [1.82, 2.24) is 9.62 Å². The number of hydrogen-bond acceptors (Lipinski definition) is 4. The Morgan fingerprint density at radius 3 is 2.34 bits per heavy atom. The lowest BCUT2D eigenvalue weighted by atomic mass is 10.1. The van der Waals surface area contributed by atoms with Crippen LogP contribution in [0.1, 0.15) is 30.5 Å². The van der Waals surface area contributed by atoms with Crippen molar-refractivity contribution in [2.45, 2.75) is 32.2 Å². The third-order valence-electron chi connectivity index (χ3n) is 4.53. The number of aryl methyl sites for hydroxylation is 1. The predicted molar refractivity (Wildman–Crippen MR) is 115 cm³/mol. The first-order chi connectivity index (χ1) is 13.8. The molecule has 0 bridgehead atoms. The third-order valence-corrected chi connectivity index (χ3v) is 6.60. The van der Waals surface area contributed by atoms with E-state index in [-0.39, 0.29) is 10.8 Å². The minimum Gasteiger partial charge on any atom is -0.496 e. The maximum Gasteiger partial charge on any atom is 0.244 e. The van der Waals surface area contributed by atoms with Crippen molar-refractivity contribution in [2.75, 3.05) is 20.2 Å². The fourth-order valence-corrected chi connectivity index (χ4v) is 4.35. The van der Waals surface area contributed by atoms with Crippen LogP contribution in [-0.4, -0.2) is 38.8 Å². The summed E-state index contributed by atoms with van der Waals surface area (Å²) in [6, 6.07) is 12.3. The Morgan fingerprint density at radius 2 is 1.76 bits per heavy atom. The molecule has 0 radical (unpaired) electrons. The SMILES string of the molecule is CCN(CC)S(=O)(=O)c1ccc(CNC(=O)/C=C/c2cc(C)ccc2OC)cc1. The number of methoxy groups -OCH3 is 1. The Morgan fingerprint density at radius 1 is 1.10 bits per heavy atom. The zero-order chi connectivity index (χ0) is 21.4. The summed E-state index contributed by atoms with van der Waals surface area (Å²) in [4.78, 5) is 12.4. The van der Waals surface area contributed by atoms with Gasteiger partial charge in [0, 0.05) is 31.3 Å². The Bertz CT molecular complexity index is 963. The quantitative estimate of drug-likeness (QED) is 0.636. The van der Waals surface area contributed by atoms with E-state index in [0.29, 0.717) is 25.4 Å². The van der Waals surface area contributed by atoms with Gasteiger partial charge in [-0.15, -0.1) is 0 Å². The number of nitrogens with zero attached hydrogens (tertiary/aromatic N) is 1. The lowest BCUT2D eigenvalue weighted by Gasteiger charge is -2.18. The van der Waals surface area contributed by atoms with E-state index in [1.54, 1.807) is 37.5 Å². The van der Waals surface area contributed by atoms with E-state index in [0.717, 1.165) is 16.7 Å². The van der Waals surface area contributed by atoms with Crippen LogP contribution in [0, 0.1) is 6.92 Å². The topological polar surface area (TPSA) is 75.7 Å². The average Bonchev–Trinajstić information content (AvgIpc) is 2.71. The normalized spacial score (nSPS) is 11.8. The van der Waals surface area contributed by atoms with Gasteiger partial charge >= 0.3 is 0 Å². The summed E-state index contributed by atoms with van der Waals surface area (Å²) in [6.07, 6.45) is 3.16. The van der Waals surface area contributed by atoms with Gasteiger partial charge in [0.1, 0.15) is 5.75 Å². The molecular formula is C22H28N2O4S. The lowest BCUT2D eigenvalue weighted by molar-refractivity contribution is -0.116. The summed E-state index contributed by atoms with van der Waals surface area (Å²) in [5.41, 5.74) is 2.72. The maximum absolute atomic E-state index is 12.5. The molecule has 0 unspecified atom stereocenters. The van der Waals surface area contributed by atoms with Crippen LogP contribution in [0.2, 0.25) is 0 Å². The van der Waals surface area contributed by atoms with Crippen LogP contribution in [0.4, 0.5) is 0 Å². The van der Waals surface area contributed by atoms with Gasteiger partial charge in [0.25, 0.3) is 0 Å². The van der Waals surface area contributed by atoms with Gasteiger partial charge in [0.2, 0.25) is 15.9 Å². The lowest BCUT2D eigenvalue weighted by Crippen LogP contribution is -2.30. The number of rotatable bonds is 9. The predicted octanol–water partition coefficient (Wildman–Crippen LogP) is 3.36. The van der Waals surface area contributed by atoms with Crippen LogP contribution in [0.3, 0.4) is 0 Å². The molecule has 1 N–H and O–H groups in total. The van der Waals surface area contributed by atoms with E-state index in [4.69, 9.17) is 4.74 Å². The largest absolute Gasteiger partial charge is 0.496 e. The molecule has 0 saturated heterocycles. The molecule has 0 aliphatic rings. The zero-order valence-corrected chi connectivity index (χ0v) is 18.1. The van der Waals surface area contributed by atoms with Gasteiger partial charge in [-0.25, -0.2) is 8.42 Å². The first-order valence-electron chi connectivity index (χ1n) is 9.51. The van der Waals surface area contributed by atoms with Crippen LogP contribution in [-0.2, 0) is 21.4 Å². The summed E-state index contributed by atoms with van der Waals surface area (Å²) in [5, 5.41) is 2.80. The molecule has 156 valence electrons. The highest BCUT2D eigenvalue weighted by atomic mass is 32.2. The van der Waals surface area contributed by atoms with E-state index in [2.05, 4.69) is 5.32 Å². The van der Waals surface area contributed by atoms with Crippen molar-refractivity contribution >= 4 is 22.0 Å². The van der Waals surface area contributed by atoms with Gasteiger partial charge in [-0.05, 0) is 42.8 Å². The van der Waals surface area contributed by atoms with Gasteiger partial charge in [0.05, 0.1) is 12.0 Å². The summed E-state index contributed by atoms with van der Waals surface area (Å²) < 4.78 is 31.7. The van der Waals surface area contributed by atoms with Crippen LogP contribution in [0.5, 0.6) is 5.75 Å². The molecule has 0 heterocycles. The highest BCUT2D eigenvalue weighted by Crippen LogP contribution is 2.21. The number of benzene rings is 2. The first kappa shape index (κ1) is 22.6. The summed E-state index contributed by atoms with van der Waals surface area (Å²) in [6.45, 7) is 6.75. The average molecular weight is 417 g/mol. The van der Waals surface area contributed by atoms with E-state index in [9.17, 15) is 13.2 Å². The number of nitrogens with one attached hydrogen (secondary N) is 1. The van der Waals surface area contributed by atoms with Crippen LogP contribution < -0.4 is 10.1 Å². The second-order valence-corrected chi connectivity index (χ2v) is 8.47. The van der Waals surface area contributed by atoms with Gasteiger partial charge in [-0.2, -0.15) is 4.31 Å². The molecule has 2 aromatic carbocycles. The van der Waals surface area contributed by atoms with Gasteiger partial charge in [-0.3, -0.25) is 4.79 Å². The maximum atomic E-state index is 12.5. The standard InChI is InChI=1S/C22H28N2O4S/c1-5-24(6-2)29(26,27)20-11-8-18(9-12-20)16-23-22(25)14-10-19-15-17(3)7-13-21(19)28-4/h7-15H,5-6,16H2,1-4H3,(H,23,25)/b14-10+. The molecule has 2 aromatic rings. The number of hydrogen-bond donors (Lipinski definition) is 1. The number of carbonyl (C=O) groups is 1. The van der Waals surface area contributed by atoms with Gasteiger partial charge in [-0.1, -0.05) is 37.6 Å². The van der Waals surface area contributed by atoms with E-state index in [1.165, 1.54) is 10.4 Å². The number of ether oxygens (including phenoxy) is 1. The molecule has 0 aliphatic heterocycles. The Hall–Kier alpha value is -2.64. The zero-order valence-electron chi connectivity index (χ0n) is 17.3. The molecule has 0 saturated carbocycles. The van der Waals surface area contributed by atoms with Crippen molar-refractivity contribution in [1.29, 1.82) is 0 Å². The molecular weight excluding hydrogens is 388 g/mol. The monoisotopic (exact) mass is 416 g/mol. The van der Waals surface area contributed by atoms with Gasteiger partial charge in [0.15, 0.2) is 0 Å². The molecule has 0 aliphatic carbocycles. The van der Waals surface area contributed by atoms with Crippen molar-refractivity contribution in [3.63, 3.8) is 0 Å². The highest BCUT2D eigenvalue weighted by molar-refractivity contribution is 7.89. The fourth-order valence-electron chi connectivity index (χ4n) is 2.89. The third kappa shape index (κ3) is 5.92. The molecule has 7 heteroatoms. The highest BCUT2D eigenvalue weighted by Gasteiger charge is 2.21. The first-order valence-corrected chi connectivity index (χ1v) is 11.0. The smallest absolute Gasteiger partial charge is 0.244 e. The second-order valence-electron chi connectivity index (χ2n) is 6.53. The van der Waals surface area contributed by atoms with Crippen LogP contribution >= 0.6 is 0 Å². The number of sulfonamides is 1. The van der Waals surface area contributed by atoms with Crippen molar-refractivity contribution in [2.24, 2.45) is 0 Å². The molecule has 29 heavy (non-hydrogen) atoms. The molecule has 0 fully saturated rings. The van der Waals surface area contributed by atoms with Crippen molar-refractivity contribution in [3.05, 3.63) is 65.2 Å². The Balaban J connectivity index is 2.00. The second kappa shape index (κ2) is 10.2. The molecule has 6 nitrogen and oxygen atoms in total. The summed E-state index contributed by atoms with van der Waals surface area (Å²) in [7, 11) is -1.89. The van der Waals surface area contributed by atoms with Gasteiger partial charge < -0.3 is 10.1 Å². The number of amides is 1. The Labute approximate surface area is 173 Å². The van der Waals surface area contributed by atoms with E-state index >= 15 is 0 Å².